The summed E-state index contributed by atoms with van der Waals surface area (Å²) in [6.45, 7) is -1.17. The molecule has 8 heteroatoms. The molecule has 0 aliphatic carbocycles. The zero-order valence-electron chi connectivity index (χ0n) is 8.28. The molecule has 17 heavy (non-hydrogen) atoms. The van der Waals surface area contributed by atoms with E-state index in [1.807, 2.05) is 0 Å². The van der Waals surface area contributed by atoms with E-state index in [9.17, 15) is 22.0 Å². The summed E-state index contributed by atoms with van der Waals surface area (Å²) in [4.78, 5) is 9.86. The molecule has 0 spiro atoms. The van der Waals surface area contributed by atoms with Crippen molar-refractivity contribution in [2.45, 2.75) is 4.90 Å². The summed E-state index contributed by atoms with van der Waals surface area (Å²) in [5.41, 5.74) is -0.781. The van der Waals surface area contributed by atoms with E-state index in [0.29, 0.717) is 0 Å². The fourth-order valence-corrected chi connectivity index (χ4v) is 2.88. The Morgan fingerprint density at radius 2 is 2.00 bits per heavy atom. The predicted octanol–water partition coefficient (Wildman–Crippen LogP) is 2.03. The quantitative estimate of drug-likeness (QED) is 0.917. The molecule has 0 saturated carbocycles. The number of halogens is 3. The normalized spacial score (nSPS) is 11.5. The molecular formula is C9H7BrF2O4S. The first kappa shape index (κ1) is 14.0. The Kier molecular flexibility index (Phi) is 4.21. The lowest BCUT2D eigenvalue weighted by atomic mass is 10.2. The standard InChI is InChI=1S/C9H7BrF2O4S/c10-5-3-6(9(13)14)8(12)7(4-5)17(15,16)2-1-11/h3-4H,1-2H2,(H,13,14). The molecule has 0 amide bonds. The number of rotatable bonds is 4. The van der Waals surface area contributed by atoms with Gasteiger partial charge in [-0.1, -0.05) is 15.9 Å². The van der Waals surface area contributed by atoms with Crippen molar-refractivity contribution in [1.82, 2.24) is 0 Å². The number of hydrogen-bond donors (Lipinski definition) is 1. The lowest BCUT2D eigenvalue weighted by Gasteiger charge is -2.07. The molecule has 0 aliphatic rings. The molecule has 0 radical (unpaired) electrons. The van der Waals surface area contributed by atoms with E-state index in [2.05, 4.69) is 15.9 Å². The minimum Gasteiger partial charge on any atom is -0.478 e. The van der Waals surface area contributed by atoms with Crippen molar-refractivity contribution in [2.24, 2.45) is 0 Å². The average Bonchev–Trinajstić information content (AvgIpc) is 2.20. The molecule has 0 aromatic heterocycles. The molecule has 0 aliphatic heterocycles. The first-order chi connectivity index (χ1) is 7.79. The van der Waals surface area contributed by atoms with Crippen LogP contribution in [-0.4, -0.2) is 31.9 Å². The van der Waals surface area contributed by atoms with Crippen LogP contribution >= 0.6 is 15.9 Å². The van der Waals surface area contributed by atoms with Crippen LogP contribution in [0.5, 0.6) is 0 Å². The van der Waals surface area contributed by atoms with Crippen molar-refractivity contribution in [3.05, 3.63) is 28.0 Å². The second kappa shape index (κ2) is 5.09. The van der Waals surface area contributed by atoms with E-state index < -0.39 is 44.5 Å². The Bertz CT molecular complexity index is 556. The lowest BCUT2D eigenvalue weighted by molar-refractivity contribution is 0.0691. The van der Waals surface area contributed by atoms with Crippen molar-refractivity contribution < 1.29 is 27.1 Å². The van der Waals surface area contributed by atoms with Crippen LogP contribution in [0.25, 0.3) is 0 Å². The fraction of sp³-hybridized carbons (Fsp3) is 0.222. The van der Waals surface area contributed by atoms with Crippen LogP contribution in [0.2, 0.25) is 0 Å². The topological polar surface area (TPSA) is 71.4 Å². The Labute approximate surface area is 104 Å². The number of carboxylic acids is 1. The summed E-state index contributed by atoms with van der Waals surface area (Å²) in [5.74, 6) is -3.87. The maximum Gasteiger partial charge on any atom is 0.338 e. The van der Waals surface area contributed by atoms with E-state index in [0.717, 1.165) is 12.1 Å². The van der Waals surface area contributed by atoms with E-state index in [1.54, 1.807) is 0 Å². The monoisotopic (exact) mass is 328 g/mol. The summed E-state index contributed by atoms with van der Waals surface area (Å²) in [5, 5.41) is 8.68. The molecule has 0 heterocycles. The third kappa shape index (κ3) is 3.01. The molecule has 0 atom stereocenters. The van der Waals surface area contributed by atoms with Gasteiger partial charge in [-0.15, -0.1) is 0 Å². The molecule has 0 bridgehead atoms. The predicted molar refractivity (Wildman–Crippen MR) is 59.1 cm³/mol. The zero-order chi connectivity index (χ0) is 13.2. The molecule has 94 valence electrons. The van der Waals surface area contributed by atoms with Crippen molar-refractivity contribution in [2.75, 3.05) is 12.4 Å². The van der Waals surface area contributed by atoms with Gasteiger partial charge in [-0.05, 0) is 12.1 Å². The largest absolute Gasteiger partial charge is 0.478 e. The summed E-state index contributed by atoms with van der Waals surface area (Å²) in [6, 6.07) is 1.85. The molecule has 1 aromatic carbocycles. The highest BCUT2D eigenvalue weighted by molar-refractivity contribution is 9.10. The van der Waals surface area contributed by atoms with Crippen molar-refractivity contribution in [3.63, 3.8) is 0 Å². The molecule has 1 rings (SSSR count). The van der Waals surface area contributed by atoms with Gasteiger partial charge in [-0.3, -0.25) is 0 Å². The van der Waals surface area contributed by atoms with Gasteiger partial charge in [0.2, 0.25) is 0 Å². The SMILES string of the molecule is O=C(O)c1cc(Br)cc(S(=O)(=O)CCF)c1F. The summed E-state index contributed by atoms with van der Waals surface area (Å²) in [6.07, 6.45) is 0. The van der Waals surface area contributed by atoms with Crippen LogP contribution in [0.3, 0.4) is 0 Å². The van der Waals surface area contributed by atoms with Gasteiger partial charge in [0.05, 0.1) is 11.3 Å². The Balaban J connectivity index is 3.50. The molecule has 1 aromatic rings. The minimum atomic E-state index is -4.16. The van der Waals surface area contributed by atoms with Gasteiger partial charge in [0.25, 0.3) is 0 Å². The summed E-state index contributed by atoms with van der Waals surface area (Å²) < 4.78 is 48.7. The number of carbonyl (C=O) groups is 1. The third-order valence-electron chi connectivity index (χ3n) is 1.92. The minimum absolute atomic E-state index is 0.0914. The second-order valence-electron chi connectivity index (χ2n) is 3.08. The van der Waals surface area contributed by atoms with Crippen LogP contribution in [0.15, 0.2) is 21.5 Å². The van der Waals surface area contributed by atoms with E-state index in [1.165, 1.54) is 0 Å². The van der Waals surface area contributed by atoms with Crippen molar-refractivity contribution in [1.29, 1.82) is 0 Å². The number of aromatic carboxylic acids is 1. The van der Waals surface area contributed by atoms with Gasteiger partial charge in [-0.2, -0.15) is 0 Å². The molecular weight excluding hydrogens is 322 g/mol. The third-order valence-corrected chi connectivity index (χ3v) is 4.03. The Morgan fingerprint density at radius 1 is 1.41 bits per heavy atom. The van der Waals surface area contributed by atoms with Crippen molar-refractivity contribution >= 4 is 31.7 Å². The van der Waals surface area contributed by atoms with Gasteiger partial charge in [0.1, 0.15) is 11.6 Å². The smallest absolute Gasteiger partial charge is 0.338 e. The van der Waals surface area contributed by atoms with Crippen LogP contribution < -0.4 is 0 Å². The second-order valence-corrected chi connectivity index (χ2v) is 6.07. The van der Waals surface area contributed by atoms with Crippen molar-refractivity contribution in [3.8, 4) is 0 Å². The van der Waals surface area contributed by atoms with Gasteiger partial charge >= 0.3 is 5.97 Å². The van der Waals surface area contributed by atoms with Crippen LogP contribution in [-0.2, 0) is 9.84 Å². The average molecular weight is 329 g/mol. The van der Waals surface area contributed by atoms with E-state index in [-0.39, 0.29) is 4.47 Å². The van der Waals surface area contributed by atoms with Crippen LogP contribution in [0.4, 0.5) is 8.78 Å². The number of hydrogen-bond acceptors (Lipinski definition) is 3. The maximum atomic E-state index is 13.6. The Hall–Kier alpha value is -1.02. The summed E-state index contributed by atoms with van der Waals surface area (Å²) >= 11 is 2.87. The molecule has 1 N–H and O–H groups in total. The van der Waals surface area contributed by atoms with Gasteiger partial charge < -0.3 is 5.11 Å². The number of sulfone groups is 1. The molecule has 4 nitrogen and oxygen atoms in total. The van der Waals surface area contributed by atoms with Gasteiger partial charge in [-0.25, -0.2) is 22.0 Å². The highest BCUT2D eigenvalue weighted by atomic mass is 79.9. The van der Waals surface area contributed by atoms with E-state index in [4.69, 9.17) is 5.11 Å². The first-order valence-corrected chi connectivity index (χ1v) is 6.75. The first-order valence-electron chi connectivity index (χ1n) is 4.30. The number of alkyl halides is 1. The highest BCUT2D eigenvalue weighted by Gasteiger charge is 2.24. The van der Waals surface area contributed by atoms with Crippen LogP contribution in [0.1, 0.15) is 10.4 Å². The number of benzene rings is 1. The fourth-order valence-electron chi connectivity index (χ4n) is 1.16. The zero-order valence-corrected chi connectivity index (χ0v) is 10.7. The van der Waals surface area contributed by atoms with Crippen LogP contribution in [0, 0.1) is 5.82 Å². The molecule has 0 saturated heterocycles. The molecule has 0 unspecified atom stereocenters. The highest BCUT2D eigenvalue weighted by Crippen LogP contribution is 2.25. The van der Waals surface area contributed by atoms with Gasteiger partial charge in [0.15, 0.2) is 15.7 Å². The van der Waals surface area contributed by atoms with Gasteiger partial charge in [0, 0.05) is 4.47 Å². The summed E-state index contributed by atoms with van der Waals surface area (Å²) in [7, 11) is -4.16. The van der Waals surface area contributed by atoms with E-state index >= 15 is 0 Å². The molecule has 0 fully saturated rings. The maximum absolute atomic E-state index is 13.6. The Morgan fingerprint density at radius 3 is 2.47 bits per heavy atom. The lowest BCUT2D eigenvalue weighted by Crippen LogP contribution is -2.13. The number of carboxylic acid groups (broad SMARTS) is 1.